The Hall–Kier alpha value is -2.21. The van der Waals surface area contributed by atoms with Crippen LogP contribution in [0.2, 0.25) is 0 Å². The zero-order valence-corrected chi connectivity index (χ0v) is 14.2. The second-order valence-electron chi connectivity index (χ2n) is 5.64. The van der Waals surface area contributed by atoms with Gasteiger partial charge in [-0.05, 0) is 55.7 Å². The van der Waals surface area contributed by atoms with Crippen LogP contribution in [0.4, 0.5) is 10.1 Å². The fourth-order valence-corrected chi connectivity index (χ4v) is 3.05. The van der Waals surface area contributed by atoms with Crippen molar-refractivity contribution in [2.24, 2.45) is 0 Å². The third-order valence-electron chi connectivity index (χ3n) is 3.40. The van der Waals surface area contributed by atoms with Crippen LogP contribution < -0.4 is 4.72 Å². The van der Waals surface area contributed by atoms with Crippen LogP contribution in [-0.2, 0) is 10.0 Å². The predicted molar refractivity (Wildman–Crippen MR) is 89.8 cm³/mol. The van der Waals surface area contributed by atoms with E-state index in [1.54, 1.807) is 38.1 Å². The molecule has 0 unspecified atom stereocenters. The Balaban J connectivity index is 2.67. The Morgan fingerprint density at radius 1 is 1.13 bits per heavy atom. The second-order valence-corrected chi connectivity index (χ2v) is 7.39. The van der Waals surface area contributed by atoms with Crippen LogP contribution in [-0.4, -0.2) is 20.5 Å². The molecule has 0 radical (unpaired) electrons. The lowest BCUT2D eigenvalue weighted by molar-refractivity contribution is 0.101. The van der Waals surface area contributed by atoms with Crippen molar-refractivity contribution in [2.75, 3.05) is 11.0 Å². The van der Waals surface area contributed by atoms with E-state index in [1.807, 2.05) is 0 Å². The molecule has 122 valence electrons. The number of rotatable bonds is 4. The fourth-order valence-electron chi connectivity index (χ4n) is 2.50. The van der Waals surface area contributed by atoms with Crippen LogP contribution in [0.3, 0.4) is 0 Å². The first-order chi connectivity index (χ1) is 10.6. The molecular weight excluding hydrogens is 317 g/mol. The fraction of sp³-hybridized carbons (Fsp3) is 0.235. The number of benzene rings is 2. The first-order valence-corrected chi connectivity index (χ1v) is 8.87. The van der Waals surface area contributed by atoms with Gasteiger partial charge < -0.3 is 0 Å². The van der Waals surface area contributed by atoms with E-state index in [1.165, 1.54) is 13.0 Å². The van der Waals surface area contributed by atoms with E-state index >= 15 is 0 Å². The smallest absolute Gasteiger partial charge is 0.229 e. The van der Waals surface area contributed by atoms with Crippen molar-refractivity contribution < 1.29 is 17.6 Å². The molecular formula is C17H18FNO3S. The standard InChI is InChI=1S/C17H18FNO3S/c1-10-7-13(9-14(8-10)19-23(4,21)22)16-11(2)5-6-15(12(3)20)17(16)18/h5-9,19H,1-4H3. The minimum Gasteiger partial charge on any atom is -0.294 e. The molecule has 2 rings (SSSR count). The van der Waals surface area contributed by atoms with Crippen LogP contribution in [0.25, 0.3) is 11.1 Å². The molecule has 23 heavy (non-hydrogen) atoms. The van der Waals surface area contributed by atoms with Gasteiger partial charge in [-0.3, -0.25) is 9.52 Å². The van der Waals surface area contributed by atoms with Crippen LogP contribution in [0.1, 0.15) is 28.4 Å². The number of halogens is 1. The number of nitrogens with one attached hydrogen (secondary N) is 1. The minimum atomic E-state index is -3.43. The number of Topliss-reactive ketones (excluding diaryl/α,β-unsaturated/α-hetero) is 1. The first kappa shape index (κ1) is 17.1. The summed E-state index contributed by atoms with van der Waals surface area (Å²) in [6.45, 7) is 4.85. The third kappa shape index (κ3) is 3.96. The molecule has 0 saturated heterocycles. The molecule has 0 atom stereocenters. The van der Waals surface area contributed by atoms with Crippen LogP contribution in [0.5, 0.6) is 0 Å². The molecule has 2 aromatic rings. The number of carbonyl (C=O) groups excluding carboxylic acids is 1. The lowest BCUT2D eigenvalue weighted by Gasteiger charge is -2.13. The Bertz CT molecular complexity index is 889. The summed E-state index contributed by atoms with van der Waals surface area (Å²) in [6, 6.07) is 8.11. The molecule has 0 fully saturated rings. The van der Waals surface area contributed by atoms with Gasteiger partial charge in [0.05, 0.1) is 11.8 Å². The van der Waals surface area contributed by atoms with Gasteiger partial charge in [-0.25, -0.2) is 12.8 Å². The summed E-state index contributed by atoms with van der Waals surface area (Å²) < 4.78 is 39.9. The maximum Gasteiger partial charge on any atom is 0.229 e. The molecule has 4 nitrogen and oxygen atoms in total. The van der Waals surface area contributed by atoms with Gasteiger partial charge in [0.15, 0.2) is 5.78 Å². The summed E-state index contributed by atoms with van der Waals surface area (Å²) in [5.41, 5.74) is 2.65. The zero-order chi connectivity index (χ0) is 17.4. The molecule has 2 aromatic carbocycles. The number of sulfonamides is 1. The molecule has 0 heterocycles. The Morgan fingerprint density at radius 2 is 1.78 bits per heavy atom. The Morgan fingerprint density at radius 3 is 2.35 bits per heavy atom. The van der Waals surface area contributed by atoms with E-state index in [9.17, 15) is 17.6 Å². The number of ketones is 1. The second kappa shape index (κ2) is 6.12. The molecule has 0 amide bonds. The van der Waals surface area contributed by atoms with Crippen molar-refractivity contribution in [3.8, 4) is 11.1 Å². The molecule has 0 saturated carbocycles. The Kier molecular flexibility index (Phi) is 4.56. The molecule has 0 bridgehead atoms. The van der Waals surface area contributed by atoms with Crippen LogP contribution in [0, 0.1) is 19.7 Å². The third-order valence-corrected chi connectivity index (χ3v) is 4.01. The number of hydrogen-bond donors (Lipinski definition) is 1. The maximum atomic E-state index is 14.7. The maximum absolute atomic E-state index is 14.7. The number of anilines is 1. The normalized spacial score (nSPS) is 11.3. The molecule has 1 N–H and O–H groups in total. The van der Waals surface area contributed by atoms with Crippen LogP contribution in [0.15, 0.2) is 30.3 Å². The number of aryl methyl sites for hydroxylation is 2. The lowest BCUT2D eigenvalue weighted by Crippen LogP contribution is -2.10. The van der Waals surface area contributed by atoms with Crippen molar-refractivity contribution in [3.05, 3.63) is 52.8 Å². The van der Waals surface area contributed by atoms with E-state index in [4.69, 9.17) is 0 Å². The van der Waals surface area contributed by atoms with E-state index in [0.717, 1.165) is 11.8 Å². The van der Waals surface area contributed by atoms with Gasteiger partial charge >= 0.3 is 0 Å². The van der Waals surface area contributed by atoms with E-state index in [-0.39, 0.29) is 11.3 Å². The van der Waals surface area contributed by atoms with Crippen LogP contribution >= 0.6 is 0 Å². The van der Waals surface area contributed by atoms with E-state index < -0.39 is 15.8 Å². The van der Waals surface area contributed by atoms with Gasteiger partial charge in [-0.15, -0.1) is 0 Å². The molecule has 6 heteroatoms. The summed E-state index contributed by atoms with van der Waals surface area (Å²) in [4.78, 5) is 11.6. The van der Waals surface area contributed by atoms with Gasteiger partial charge in [-0.2, -0.15) is 0 Å². The molecule has 0 aliphatic carbocycles. The van der Waals surface area contributed by atoms with E-state index in [2.05, 4.69) is 4.72 Å². The largest absolute Gasteiger partial charge is 0.294 e. The first-order valence-electron chi connectivity index (χ1n) is 6.98. The monoisotopic (exact) mass is 335 g/mol. The highest BCUT2D eigenvalue weighted by molar-refractivity contribution is 7.92. The average Bonchev–Trinajstić information content (AvgIpc) is 2.35. The summed E-state index contributed by atoms with van der Waals surface area (Å²) in [5.74, 6) is -0.945. The average molecular weight is 335 g/mol. The van der Waals surface area contributed by atoms with Gasteiger partial charge in [0.1, 0.15) is 5.82 Å². The number of carbonyl (C=O) groups is 1. The quantitative estimate of drug-likeness (QED) is 0.867. The lowest BCUT2D eigenvalue weighted by atomic mass is 9.94. The zero-order valence-electron chi connectivity index (χ0n) is 13.4. The predicted octanol–water partition coefficient (Wildman–Crippen LogP) is 3.68. The summed E-state index contributed by atoms with van der Waals surface area (Å²) in [6.07, 6.45) is 1.05. The van der Waals surface area contributed by atoms with Gasteiger partial charge in [0.25, 0.3) is 0 Å². The minimum absolute atomic E-state index is 0.0183. The summed E-state index contributed by atoms with van der Waals surface area (Å²) in [5, 5.41) is 0. The highest BCUT2D eigenvalue weighted by Gasteiger charge is 2.17. The van der Waals surface area contributed by atoms with Crippen molar-refractivity contribution >= 4 is 21.5 Å². The van der Waals surface area contributed by atoms with Crippen molar-refractivity contribution in [1.29, 1.82) is 0 Å². The summed E-state index contributed by atoms with van der Waals surface area (Å²) >= 11 is 0. The SMILES string of the molecule is CC(=O)c1ccc(C)c(-c2cc(C)cc(NS(C)(=O)=O)c2)c1F. The highest BCUT2D eigenvalue weighted by atomic mass is 32.2. The summed E-state index contributed by atoms with van der Waals surface area (Å²) in [7, 11) is -3.43. The van der Waals surface area contributed by atoms with Gasteiger partial charge in [-0.1, -0.05) is 12.1 Å². The van der Waals surface area contributed by atoms with Crippen molar-refractivity contribution in [3.63, 3.8) is 0 Å². The molecule has 0 aliphatic heterocycles. The van der Waals surface area contributed by atoms with Crippen molar-refractivity contribution in [1.82, 2.24) is 0 Å². The van der Waals surface area contributed by atoms with E-state index in [0.29, 0.717) is 22.4 Å². The molecule has 0 spiro atoms. The topological polar surface area (TPSA) is 63.2 Å². The number of hydrogen-bond acceptors (Lipinski definition) is 3. The van der Waals surface area contributed by atoms with Gasteiger partial charge in [0, 0.05) is 11.3 Å². The Labute approximate surface area is 135 Å². The molecule has 0 aromatic heterocycles. The van der Waals surface area contributed by atoms with Gasteiger partial charge in [0.2, 0.25) is 10.0 Å². The van der Waals surface area contributed by atoms with Crippen molar-refractivity contribution in [2.45, 2.75) is 20.8 Å². The highest BCUT2D eigenvalue weighted by Crippen LogP contribution is 2.32. The molecule has 0 aliphatic rings.